The van der Waals surface area contributed by atoms with Gasteiger partial charge in [0.2, 0.25) is 0 Å². The molecule has 2 aliphatic rings. The van der Waals surface area contributed by atoms with E-state index in [1.807, 2.05) is 17.0 Å². The fraction of sp³-hybridized carbons (Fsp3) is 0.533. The zero-order chi connectivity index (χ0) is 14.8. The summed E-state index contributed by atoms with van der Waals surface area (Å²) >= 11 is 0. The molecule has 0 aliphatic carbocycles. The predicted octanol–water partition coefficient (Wildman–Crippen LogP) is 1.38. The van der Waals surface area contributed by atoms with Crippen LogP contribution in [0.5, 0.6) is 0 Å². The number of rotatable bonds is 3. The van der Waals surface area contributed by atoms with Crippen LogP contribution < -0.4 is 0 Å². The molecule has 1 amide bonds. The number of hydrogen-bond donors (Lipinski definition) is 1. The van der Waals surface area contributed by atoms with E-state index in [1.54, 1.807) is 12.4 Å². The Morgan fingerprint density at radius 3 is 2.76 bits per heavy atom. The third-order valence-electron chi connectivity index (χ3n) is 4.18. The molecule has 1 aromatic rings. The maximum atomic E-state index is 12.6. The number of nitrogens with zero attached hydrogens (tertiary/aromatic N) is 2. The van der Waals surface area contributed by atoms with Crippen molar-refractivity contribution < 1.29 is 19.4 Å². The maximum Gasteiger partial charge on any atom is 0.332 e. The zero-order valence-corrected chi connectivity index (χ0v) is 11.6. The summed E-state index contributed by atoms with van der Waals surface area (Å²) in [7, 11) is 0. The van der Waals surface area contributed by atoms with Crippen molar-refractivity contribution in [2.24, 2.45) is 0 Å². The van der Waals surface area contributed by atoms with Gasteiger partial charge in [-0.25, -0.2) is 4.79 Å². The minimum absolute atomic E-state index is 0.0266. The molecule has 0 spiro atoms. The molecular formula is C15H18N2O4. The molecule has 0 saturated carbocycles. The van der Waals surface area contributed by atoms with E-state index in [0.717, 1.165) is 18.4 Å². The number of pyridine rings is 1. The predicted molar refractivity (Wildman–Crippen MR) is 73.5 cm³/mol. The van der Waals surface area contributed by atoms with Crippen molar-refractivity contribution in [1.29, 1.82) is 0 Å². The van der Waals surface area contributed by atoms with Crippen molar-refractivity contribution in [3.63, 3.8) is 0 Å². The average Bonchev–Trinajstić information content (AvgIpc) is 3.17. The SMILES string of the molecule is O=C(O)[C@H]1CC[C@@H](C(=O)N2CCCC2c2cccnc2)O1. The Hall–Kier alpha value is -1.95. The number of carbonyl (C=O) groups is 2. The second kappa shape index (κ2) is 5.81. The fourth-order valence-electron chi connectivity index (χ4n) is 3.14. The lowest BCUT2D eigenvalue weighted by molar-refractivity contribution is -0.155. The Balaban J connectivity index is 1.71. The van der Waals surface area contributed by atoms with Gasteiger partial charge in [0.25, 0.3) is 5.91 Å². The molecule has 21 heavy (non-hydrogen) atoms. The van der Waals surface area contributed by atoms with Crippen LogP contribution in [0.15, 0.2) is 24.5 Å². The first-order chi connectivity index (χ1) is 10.2. The van der Waals surface area contributed by atoms with E-state index < -0.39 is 18.2 Å². The highest BCUT2D eigenvalue weighted by atomic mass is 16.5. The smallest absolute Gasteiger partial charge is 0.332 e. The number of carboxylic acid groups (broad SMARTS) is 1. The van der Waals surface area contributed by atoms with Crippen LogP contribution in [0.1, 0.15) is 37.3 Å². The topological polar surface area (TPSA) is 79.7 Å². The normalized spacial score (nSPS) is 28.8. The largest absolute Gasteiger partial charge is 0.479 e. The highest BCUT2D eigenvalue weighted by molar-refractivity contribution is 5.83. The number of aliphatic carboxylic acids is 1. The highest BCUT2D eigenvalue weighted by Crippen LogP contribution is 2.33. The molecule has 1 N–H and O–H groups in total. The van der Waals surface area contributed by atoms with Crippen LogP contribution in [0.2, 0.25) is 0 Å². The lowest BCUT2D eigenvalue weighted by Crippen LogP contribution is -2.39. The summed E-state index contributed by atoms with van der Waals surface area (Å²) in [4.78, 5) is 29.4. The molecule has 3 rings (SSSR count). The van der Waals surface area contributed by atoms with E-state index in [1.165, 1.54) is 0 Å². The van der Waals surface area contributed by atoms with Crippen LogP contribution in [0.25, 0.3) is 0 Å². The summed E-state index contributed by atoms with van der Waals surface area (Å²) in [5.41, 5.74) is 1.02. The second-order valence-electron chi connectivity index (χ2n) is 5.50. The van der Waals surface area contributed by atoms with Crippen LogP contribution in [0.4, 0.5) is 0 Å². The number of carboxylic acids is 1. The Morgan fingerprint density at radius 2 is 2.10 bits per heavy atom. The van der Waals surface area contributed by atoms with Crippen molar-refractivity contribution >= 4 is 11.9 Å². The van der Waals surface area contributed by atoms with Gasteiger partial charge in [0.1, 0.15) is 6.10 Å². The summed E-state index contributed by atoms with van der Waals surface area (Å²) in [5, 5.41) is 8.95. The monoisotopic (exact) mass is 290 g/mol. The molecule has 2 fully saturated rings. The number of ether oxygens (including phenoxy) is 1. The minimum atomic E-state index is -0.990. The quantitative estimate of drug-likeness (QED) is 0.909. The molecule has 0 aromatic carbocycles. The van der Waals surface area contributed by atoms with Gasteiger partial charge in [-0.3, -0.25) is 9.78 Å². The third kappa shape index (κ3) is 2.76. The van der Waals surface area contributed by atoms with Crippen LogP contribution in [-0.2, 0) is 14.3 Å². The second-order valence-corrected chi connectivity index (χ2v) is 5.50. The van der Waals surface area contributed by atoms with Crippen molar-refractivity contribution in [2.45, 2.75) is 43.9 Å². The molecule has 0 bridgehead atoms. The summed E-state index contributed by atoms with van der Waals surface area (Å²) in [6.07, 6.45) is 4.76. The first-order valence-electron chi connectivity index (χ1n) is 7.25. The molecule has 0 radical (unpaired) electrons. The average molecular weight is 290 g/mol. The Kier molecular flexibility index (Phi) is 3.88. The van der Waals surface area contributed by atoms with Crippen LogP contribution >= 0.6 is 0 Å². The van der Waals surface area contributed by atoms with E-state index in [-0.39, 0.29) is 11.9 Å². The van der Waals surface area contributed by atoms with Gasteiger partial charge in [0.05, 0.1) is 6.04 Å². The minimum Gasteiger partial charge on any atom is -0.479 e. The van der Waals surface area contributed by atoms with Gasteiger partial charge in [-0.1, -0.05) is 6.07 Å². The first kappa shape index (κ1) is 14.0. The molecule has 3 atom stereocenters. The molecular weight excluding hydrogens is 272 g/mol. The highest BCUT2D eigenvalue weighted by Gasteiger charge is 2.40. The zero-order valence-electron chi connectivity index (χ0n) is 11.6. The van der Waals surface area contributed by atoms with Gasteiger partial charge in [-0.05, 0) is 37.3 Å². The van der Waals surface area contributed by atoms with Gasteiger partial charge < -0.3 is 14.7 Å². The Bertz CT molecular complexity index is 534. The van der Waals surface area contributed by atoms with Crippen molar-refractivity contribution in [1.82, 2.24) is 9.88 Å². The van der Waals surface area contributed by atoms with Crippen molar-refractivity contribution in [3.05, 3.63) is 30.1 Å². The third-order valence-corrected chi connectivity index (χ3v) is 4.18. The molecule has 6 heteroatoms. The van der Waals surface area contributed by atoms with Crippen LogP contribution in [0.3, 0.4) is 0 Å². The van der Waals surface area contributed by atoms with E-state index >= 15 is 0 Å². The number of likely N-dealkylation sites (tertiary alicyclic amines) is 1. The van der Waals surface area contributed by atoms with Crippen LogP contribution in [-0.4, -0.2) is 45.6 Å². The fourth-order valence-corrected chi connectivity index (χ4v) is 3.14. The molecule has 112 valence electrons. The van der Waals surface area contributed by atoms with Gasteiger partial charge in [-0.2, -0.15) is 0 Å². The number of carbonyl (C=O) groups excluding carboxylic acids is 1. The number of amides is 1. The summed E-state index contributed by atoms with van der Waals surface area (Å²) in [5.74, 6) is -1.08. The number of hydrogen-bond acceptors (Lipinski definition) is 4. The van der Waals surface area contributed by atoms with Crippen molar-refractivity contribution in [3.8, 4) is 0 Å². The van der Waals surface area contributed by atoms with Gasteiger partial charge in [0, 0.05) is 18.9 Å². The Morgan fingerprint density at radius 1 is 1.29 bits per heavy atom. The van der Waals surface area contributed by atoms with Crippen LogP contribution in [0, 0.1) is 0 Å². The summed E-state index contributed by atoms with van der Waals surface area (Å²) in [6, 6.07) is 3.86. The molecule has 1 unspecified atom stereocenters. The maximum absolute atomic E-state index is 12.6. The molecule has 6 nitrogen and oxygen atoms in total. The Labute approximate surface area is 122 Å². The van der Waals surface area contributed by atoms with E-state index in [2.05, 4.69) is 4.98 Å². The number of aromatic nitrogens is 1. The van der Waals surface area contributed by atoms with Crippen molar-refractivity contribution in [2.75, 3.05) is 6.54 Å². The van der Waals surface area contributed by atoms with E-state index in [4.69, 9.17) is 9.84 Å². The van der Waals surface area contributed by atoms with E-state index in [9.17, 15) is 9.59 Å². The standard InChI is InChI=1S/C15H18N2O4/c18-14(12-5-6-13(21-12)15(19)20)17-8-2-4-11(17)10-3-1-7-16-9-10/h1,3,7,9,11-13H,2,4-6,8H2,(H,19,20)/t11?,12-,13+/m0/s1. The molecule has 1 aromatic heterocycles. The summed E-state index contributed by atoms with van der Waals surface area (Å²) < 4.78 is 5.37. The summed E-state index contributed by atoms with van der Waals surface area (Å²) in [6.45, 7) is 0.690. The van der Waals surface area contributed by atoms with Gasteiger partial charge in [-0.15, -0.1) is 0 Å². The molecule has 2 saturated heterocycles. The van der Waals surface area contributed by atoms with Gasteiger partial charge >= 0.3 is 5.97 Å². The lowest BCUT2D eigenvalue weighted by atomic mass is 10.1. The van der Waals surface area contributed by atoms with Gasteiger partial charge in [0.15, 0.2) is 6.10 Å². The van der Waals surface area contributed by atoms with E-state index in [0.29, 0.717) is 19.4 Å². The molecule has 3 heterocycles. The first-order valence-corrected chi connectivity index (χ1v) is 7.25. The lowest BCUT2D eigenvalue weighted by Gasteiger charge is -2.27. The molecule has 2 aliphatic heterocycles.